The summed E-state index contributed by atoms with van der Waals surface area (Å²) in [5.41, 5.74) is -0.915. The lowest BCUT2D eigenvalue weighted by atomic mass is 9.46. The first-order chi connectivity index (χ1) is 12.8. The van der Waals surface area contributed by atoms with Crippen LogP contribution in [0.3, 0.4) is 0 Å². The number of carbonyl (C=O) groups excluding carboxylic acids is 1. The molecule has 10 unspecified atom stereocenters. The van der Waals surface area contributed by atoms with Crippen molar-refractivity contribution >= 4 is 5.97 Å². The zero-order chi connectivity index (χ0) is 18.7. The molecule has 146 valence electrons. The smallest absolute Gasteiger partial charge is 0.336 e. The summed E-state index contributed by atoms with van der Waals surface area (Å²) in [5.74, 6) is -0.273. The number of carbonyl (C=O) groups is 1. The Morgan fingerprint density at radius 1 is 1.15 bits per heavy atom. The first kappa shape index (κ1) is 15.9. The van der Waals surface area contributed by atoms with Gasteiger partial charge >= 0.3 is 5.97 Å². The second-order valence-electron chi connectivity index (χ2n) is 10.0. The van der Waals surface area contributed by atoms with E-state index in [-0.39, 0.29) is 35.6 Å². The first-order valence-corrected chi connectivity index (χ1v) is 10.1. The molecule has 0 radical (unpaired) electrons. The molecule has 0 amide bonds. The Hall–Kier alpha value is -0.990. The Labute approximate surface area is 156 Å². The number of hydrogen-bond donors (Lipinski definition) is 2. The number of cyclic esters (lactones) is 1. The molecule has 7 nitrogen and oxygen atoms in total. The molecule has 7 aliphatic rings. The molecule has 0 bridgehead atoms. The van der Waals surface area contributed by atoms with Crippen molar-refractivity contribution < 1.29 is 34.0 Å². The average molecular weight is 376 g/mol. The second kappa shape index (κ2) is 4.00. The third-order valence-electron chi connectivity index (χ3n) is 9.14. The normalized spacial score (nSPS) is 64.0. The van der Waals surface area contributed by atoms with Crippen molar-refractivity contribution in [2.24, 2.45) is 17.3 Å². The minimum Gasteiger partial charge on any atom is -0.428 e. The van der Waals surface area contributed by atoms with Gasteiger partial charge in [0.1, 0.15) is 29.5 Å². The largest absolute Gasteiger partial charge is 0.428 e. The fourth-order valence-corrected chi connectivity index (χ4v) is 7.76. The van der Waals surface area contributed by atoms with Crippen LogP contribution in [0.5, 0.6) is 0 Å². The molecule has 0 aromatic carbocycles. The highest BCUT2D eigenvalue weighted by atomic mass is 16.7. The van der Waals surface area contributed by atoms with E-state index in [0.29, 0.717) is 24.0 Å². The molecule has 5 fully saturated rings. The van der Waals surface area contributed by atoms with Crippen LogP contribution in [-0.2, 0) is 23.7 Å². The molecule has 0 aromatic rings. The number of aliphatic hydroxyl groups is 2. The van der Waals surface area contributed by atoms with Gasteiger partial charge in [0.05, 0.1) is 6.10 Å². The van der Waals surface area contributed by atoms with Gasteiger partial charge in [0.15, 0.2) is 5.60 Å². The van der Waals surface area contributed by atoms with Crippen LogP contribution in [0.15, 0.2) is 11.1 Å². The lowest BCUT2D eigenvalue weighted by molar-refractivity contribution is -0.153. The van der Waals surface area contributed by atoms with Gasteiger partial charge < -0.3 is 29.2 Å². The number of epoxide rings is 3. The topological polar surface area (TPSA) is 104 Å². The summed E-state index contributed by atoms with van der Waals surface area (Å²) in [7, 11) is 0. The average Bonchev–Trinajstić information content (AvgIpc) is 3.47. The highest BCUT2D eigenvalue weighted by Gasteiger charge is 3.00. The monoisotopic (exact) mass is 376 g/mol. The summed E-state index contributed by atoms with van der Waals surface area (Å²) in [6.07, 6.45) is -0.272. The molecule has 7 rings (SSSR count). The molecule has 0 aromatic heterocycles. The predicted octanol–water partition coefficient (Wildman–Crippen LogP) is 0.421. The molecule has 10 atom stereocenters. The lowest BCUT2D eigenvalue weighted by Crippen LogP contribution is -2.69. The van der Waals surface area contributed by atoms with Crippen molar-refractivity contribution in [2.45, 2.75) is 87.5 Å². The molecule has 2 spiro atoms. The van der Waals surface area contributed by atoms with E-state index in [0.717, 1.165) is 6.42 Å². The van der Waals surface area contributed by atoms with Crippen LogP contribution in [0.25, 0.3) is 0 Å². The van der Waals surface area contributed by atoms with E-state index in [9.17, 15) is 15.0 Å². The summed E-state index contributed by atoms with van der Waals surface area (Å²) in [4.78, 5) is 12.1. The molecule has 4 heterocycles. The summed E-state index contributed by atoms with van der Waals surface area (Å²) < 4.78 is 24.0. The third-order valence-corrected chi connectivity index (χ3v) is 9.14. The molecular weight excluding hydrogens is 352 g/mol. The van der Waals surface area contributed by atoms with Crippen LogP contribution in [0.2, 0.25) is 0 Å². The lowest BCUT2D eigenvalue weighted by Gasteiger charge is -2.53. The quantitative estimate of drug-likeness (QED) is 0.505. The van der Waals surface area contributed by atoms with E-state index >= 15 is 0 Å². The maximum atomic E-state index is 12.1. The van der Waals surface area contributed by atoms with Gasteiger partial charge in [-0.1, -0.05) is 20.8 Å². The van der Waals surface area contributed by atoms with Gasteiger partial charge in [-0.3, -0.25) is 0 Å². The van der Waals surface area contributed by atoms with Crippen molar-refractivity contribution in [3.63, 3.8) is 0 Å². The minimum atomic E-state index is -1.17. The number of rotatable bonds is 1. The summed E-state index contributed by atoms with van der Waals surface area (Å²) >= 11 is 0. The first-order valence-electron chi connectivity index (χ1n) is 10.1. The van der Waals surface area contributed by atoms with Gasteiger partial charge in [-0.2, -0.15) is 0 Å². The van der Waals surface area contributed by atoms with Gasteiger partial charge in [0.2, 0.25) is 6.29 Å². The molecule has 2 N–H and O–H groups in total. The molecule has 3 saturated heterocycles. The molecule has 4 aliphatic heterocycles. The van der Waals surface area contributed by atoms with E-state index in [1.54, 1.807) is 0 Å². The zero-order valence-electron chi connectivity index (χ0n) is 15.6. The molecule has 27 heavy (non-hydrogen) atoms. The second-order valence-corrected chi connectivity index (χ2v) is 10.0. The Morgan fingerprint density at radius 2 is 1.93 bits per heavy atom. The Kier molecular flexibility index (Phi) is 2.35. The summed E-state index contributed by atoms with van der Waals surface area (Å²) in [5, 5.41) is 21.9. The van der Waals surface area contributed by atoms with Crippen LogP contribution < -0.4 is 0 Å². The third kappa shape index (κ3) is 1.27. The van der Waals surface area contributed by atoms with Crippen LogP contribution >= 0.6 is 0 Å². The van der Waals surface area contributed by atoms with Crippen molar-refractivity contribution in [3.8, 4) is 0 Å². The molecule has 3 aliphatic carbocycles. The van der Waals surface area contributed by atoms with Crippen LogP contribution in [0, 0.1) is 17.3 Å². The number of ether oxygens (including phenoxy) is 4. The van der Waals surface area contributed by atoms with E-state index in [2.05, 4.69) is 20.8 Å². The number of fused-ring (bicyclic) bond motifs is 4. The van der Waals surface area contributed by atoms with Crippen molar-refractivity contribution in [1.82, 2.24) is 0 Å². The van der Waals surface area contributed by atoms with Crippen LogP contribution in [-0.4, -0.2) is 63.7 Å². The maximum Gasteiger partial charge on any atom is 0.336 e. The van der Waals surface area contributed by atoms with Gasteiger partial charge in [-0.25, -0.2) is 4.79 Å². The maximum absolute atomic E-state index is 12.1. The molecule has 7 heteroatoms. The fourth-order valence-electron chi connectivity index (χ4n) is 7.76. The Balaban J connectivity index is 1.39. The van der Waals surface area contributed by atoms with Gasteiger partial charge in [0, 0.05) is 16.6 Å². The highest BCUT2D eigenvalue weighted by molar-refractivity contribution is 5.92. The highest BCUT2D eigenvalue weighted by Crippen LogP contribution is 2.83. The van der Waals surface area contributed by atoms with E-state index < -0.39 is 35.2 Å². The summed E-state index contributed by atoms with van der Waals surface area (Å²) in [6.45, 7) is 6.33. The zero-order valence-corrected chi connectivity index (χ0v) is 15.6. The summed E-state index contributed by atoms with van der Waals surface area (Å²) in [6, 6.07) is 0. The van der Waals surface area contributed by atoms with Gasteiger partial charge in [0.25, 0.3) is 0 Å². The fraction of sp³-hybridized carbons (Fsp3) is 0.850. The Morgan fingerprint density at radius 3 is 2.67 bits per heavy atom. The van der Waals surface area contributed by atoms with Crippen molar-refractivity contribution in [1.29, 1.82) is 0 Å². The molecule has 2 saturated carbocycles. The van der Waals surface area contributed by atoms with Crippen molar-refractivity contribution in [2.75, 3.05) is 0 Å². The number of aliphatic hydroxyl groups excluding tert-OH is 2. The predicted molar refractivity (Wildman–Crippen MR) is 88.2 cm³/mol. The van der Waals surface area contributed by atoms with E-state index in [1.807, 2.05) is 0 Å². The van der Waals surface area contributed by atoms with Crippen LogP contribution in [0.1, 0.15) is 40.0 Å². The van der Waals surface area contributed by atoms with E-state index in [4.69, 9.17) is 18.9 Å². The standard InChI is InChI=1S/C20H24O7/c1-7(2)18-12(26-18)13-20(27-13)17(3)5-4-8-11(15(22)24-14(8)21)9(17)6-10-19(20,25-10)16(18)23/h7,9-10,12-13,15-16,22-23H,4-6H2,1-3H3. The SMILES string of the molecule is CC(C)C12OC1C1OC13C1(C)CCC4=C(C(O)OC4=O)C1CC1OC13C2O. The minimum absolute atomic E-state index is 0.0502. The number of hydrogen-bond acceptors (Lipinski definition) is 7. The van der Waals surface area contributed by atoms with Crippen LogP contribution in [0.4, 0.5) is 0 Å². The molecular formula is C20H24O7. The van der Waals surface area contributed by atoms with Crippen molar-refractivity contribution in [3.05, 3.63) is 11.1 Å². The number of esters is 1. The Bertz CT molecular complexity index is 851. The van der Waals surface area contributed by atoms with Gasteiger partial charge in [-0.05, 0) is 31.1 Å². The van der Waals surface area contributed by atoms with Gasteiger partial charge in [-0.15, -0.1) is 0 Å². The van der Waals surface area contributed by atoms with E-state index in [1.165, 1.54) is 0 Å².